The van der Waals surface area contributed by atoms with Crippen molar-refractivity contribution in [1.29, 1.82) is 0 Å². The van der Waals surface area contributed by atoms with Crippen LogP contribution in [0.1, 0.15) is 72.6 Å². The molecular weight excluding hydrogens is 472 g/mol. The van der Waals surface area contributed by atoms with E-state index in [-0.39, 0.29) is 54.0 Å². The maximum atomic E-state index is 11.6. The fourth-order valence-corrected chi connectivity index (χ4v) is 9.32. The van der Waals surface area contributed by atoms with Crippen molar-refractivity contribution >= 4 is 10.4 Å². The lowest BCUT2D eigenvalue weighted by Gasteiger charge is -2.65. The minimum Gasteiger partial charge on any atom is -0.393 e. The van der Waals surface area contributed by atoms with E-state index in [2.05, 4.69) is 31.0 Å². The van der Waals surface area contributed by atoms with Crippen LogP contribution in [0.5, 0.6) is 0 Å². The number of hydrogen-bond acceptors (Lipinski definition) is 7. The monoisotopic (exact) mass is 516 g/mol. The Hall–Kier alpha value is -0.550. The number of aliphatic hydroxyl groups is 4. The molecule has 4 aliphatic carbocycles. The summed E-state index contributed by atoms with van der Waals surface area (Å²) in [5.41, 5.74) is -1.89. The van der Waals surface area contributed by atoms with Crippen molar-refractivity contribution < 1.29 is 37.6 Å². The van der Waals surface area contributed by atoms with Gasteiger partial charge in [0.1, 0.15) is 0 Å². The summed E-state index contributed by atoms with van der Waals surface area (Å²) in [6, 6.07) is 0. The lowest BCUT2D eigenvalue weighted by atomic mass is 9.42. The zero-order valence-corrected chi connectivity index (χ0v) is 22.2. The number of hydrogen-bond donors (Lipinski definition) is 5. The van der Waals surface area contributed by atoms with Gasteiger partial charge in [-0.25, -0.2) is 4.18 Å². The first kappa shape index (κ1) is 27.5. The zero-order chi connectivity index (χ0) is 26.0. The first-order chi connectivity index (χ1) is 16.1. The molecule has 0 radical (unpaired) electrons. The lowest BCUT2D eigenvalue weighted by molar-refractivity contribution is -0.268. The summed E-state index contributed by atoms with van der Waals surface area (Å²) in [6.07, 6.45) is 6.47. The van der Waals surface area contributed by atoms with Crippen molar-refractivity contribution in [2.24, 2.45) is 46.3 Å². The molecule has 9 heteroatoms. The molecule has 0 aliphatic heterocycles. The average molecular weight is 517 g/mol. The van der Waals surface area contributed by atoms with E-state index in [1.54, 1.807) is 0 Å². The van der Waals surface area contributed by atoms with Crippen molar-refractivity contribution in [1.82, 2.24) is 0 Å². The molecule has 0 saturated heterocycles. The Labute approximate surface area is 209 Å². The van der Waals surface area contributed by atoms with Gasteiger partial charge < -0.3 is 20.4 Å². The molecule has 0 aromatic carbocycles. The van der Waals surface area contributed by atoms with E-state index in [0.29, 0.717) is 25.7 Å². The van der Waals surface area contributed by atoms with Crippen molar-refractivity contribution in [2.45, 2.75) is 96.6 Å². The normalized spacial score (nSPS) is 49.8. The predicted molar refractivity (Wildman–Crippen MR) is 130 cm³/mol. The van der Waals surface area contributed by atoms with Gasteiger partial charge in [-0.15, -0.1) is 0 Å². The largest absolute Gasteiger partial charge is 0.397 e. The molecule has 12 unspecified atom stereocenters. The molecule has 4 rings (SSSR count). The summed E-state index contributed by atoms with van der Waals surface area (Å²) in [4.78, 5) is 0. The smallest absolute Gasteiger partial charge is 0.393 e. The molecule has 12 atom stereocenters. The molecule has 4 fully saturated rings. The lowest BCUT2D eigenvalue weighted by Crippen LogP contribution is -2.69. The molecule has 4 saturated carbocycles. The molecule has 0 bridgehead atoms. The summed E-state index contributed by atoms with van der Waals surface area (Å²) in [6.45, 7) is 8.17. The minimum atomic E-state index is -4.46. The maximum Gasteiger partial charge on any atom is 0.397 e. The third-order valence-electron chi connectivity index (χ3n) is 10.7. The van der Waals surface area contributed by atoms with Gasteiger partial charge in [-0.2, -0.15) is 8.42 Å². The number of aliphatic hydroxyl groups excluding tert-OH is 3. The van der Waals surface area contributed by atoms with Crippen LogP contribution >= 0.6 is 0 Å². The molecule has 8 nitrogen and oxygen atoms in total. The summed E-state index contributed by atoms with van der Waals surface area (Å²) >= 11 is 0. The molecule has 0 aromatic heterocycles. The van der Waals surface area contributed by atoms with E-state index in [4.69, 9.17) is 4.55 Å². The fraction of sp³-hybridized carbons (Fsp3) is 0.923. The molecule has 0 spiro atoms. The summed E-state index contributed by atoms with van der Waals surface area (Å²) in [5.74, 6) is 0.521. The zero-order valence-electron chi connectivity index (χ0n) is 21.4. The van der Waals surface area contributed by atoms with Crippen LogP contribution in [0, 0.1) is 46.3 Å². The average Bonchev–Trinajstić information content (AvgIpc) is 3.03. The highest BCUT2D eigenvalue weighted by Crippen LogP contribution is 2.69. The van der Waals surface area contributed by atoms with Gasteiger partial charge in [-0.05, 0) is 79.4 Å². The van der Waals surface area contributed by atoms with Crippen molar-refractivity contribution in [3.63, 3.8) is 0 Å². The Kier molecular flexibility index (Phi) is 7.32. The second-order valence-corrected chi connectivity index (χ2v) is 13.8. The molecule has 0 aromatic rings. The van der Waals surface area contributed by atoms with Gasteiger partial charge in [-0.1, -0.05) is 39.8 Å². The van der Waals surface area contributed by atoms with Gasteiger partial charge in [0.05, 0.1) is 30.5 Å². The van der Waals surface area contributed by atoms with E-state index >= 15 is 0 Å². The Balaban J connectivity index is 1.53. The van der Waals surface area contributed by atoms with E-state index in [1.165, 1.54) is 0 Å². The molecule has 0 amide bonds. The molecule has 4 aliphatic rings. The van der Waals surface area contributed by atoms with Crippen LogP contribution < -0.4 is 0 Å². The highest BCUT2D eigenvalue weighted by molar-refractivity contribution is 7.80. The van der Waals surface area contributed by atoms with Crippen LogP contribution in [0.4, 0.5) is 0 Å². The van der Waals surface area contributed by atoms with Crippen LogP contribution in [0.15, 0.2) is 12.2 Å². The second-order valence-electron chi connectivity index (χ2n) is 12.7. The highest BCUT2D eigenvalue weighted by Gasteiger charge is 2.68. The Morgan fingerprint density at radius 2 is 1.74 bits per heavy atom. The van der Waals surface area contributed by atoms with Gasteiger partial charge >= 0.3 is 10.4 Å². The van der Waals surface area contributed by atoms with E-state index in [0.717, 1.165) is 12.8 Å². The third kappa shape index (κ3) is 4.64. The number of rotatable bonds is 6. The second kappa shape index (κ2) is 9.33. The quantitative estimate of drug-likeness (QED) is 0.268. The maximum absolute atomic E-state index is 11.6. The van der Waals surface area contributed by atoms with Crippen molar-refractivity contribution in [3.8, 4) is 0 Å². The first-order valence-corrected chi connectivity index (χ1v) is 14.6. The van der Waals surface area contributed by atoms with Crippen LogP contribution in [0.3, 0.4) is 0 Å². The van der Waals surface area contributed by atoms with E-state index in [1.807, 2.05) is 13.0 Å². The van der Waals surface area contributed by atoms with Crippen molar-refractivity contribution in [3.05, 3.63) is 12.2 Å². The summed E-state index contributed by atoms with van der Waals surface area (Å²) < 4.78 is 35.0. The van der Waals surface area contributed by atoms with Crippen LogP contribution in [0.25, 0.3) is 0 Å². The number of fused-ring (bicyclic) bond motifs is 5. The Morgan fingerprint density at radius 1 is 1.06 bits per heavy atom. The predicted octanol–water partition coefficient (Wildman–Crippen LogP) is 2.71. The SMILES string of the molecule is CC(C=CC(C)C1CC(O)C2C3CC(O)C4(O)CC(O)CCC4(C)C3CCC12C)COS(=O)(=O)O. The third-order valence-corrected chi connectivity index (χ3v) is 11.2. The topological polar surface area (TPSA) is 145 Å². The molecule has 5 N–H and O–H groups in total. The summed E-state index contributed by atoms with van der Waals surface area (Å²) in [5, 5.41) is 44.4. The number of allylic oxidation sites excluding steroid dienone is 1. The molecule has 202 valence electrons. The van der Waals surface area contributed by atoms with Gasteiger partial charge in [-0.3, -0.25) is 4.55 Å². The van der Waals surface area contributed by atoms with Gasteiger partial charge in [0.2, 0.25) is 0 Å². The van der Waals surface area contributed by atoms with Crippen LogP contribution in [0.2, 0.25) is 0 Å². The van der Waals surface area contributed by atoms with E-state index < -0.39 is 39.7 Å². The standard InChI is InChI=1S/C26H44O8S/c1-15(14-34-35(31,32)33)5-6-16(2)20-12-21(28)23-18-11-22(29)26(30)13-17(27)7-10-25(26,4)19(18)8-9-24(20,23)3/h5-6,15-23,27-30H,7-14H2,1-4H3,(H,31,32,33). The van der Waals surface area contributed by atoms with Gasteiger partial charge in [0.25, 0.3) is 0 Å². The van der Waals surface area contributed by atoms with Gasteiger partial charge in [0, 0.05) is 11.8 Å². The van der Waals surface area contributed by atoms with Gasteiger partial charge in [0.15, 0.2) is 0 Å². The van der Waals surface area contributed by atoms with Crippen LogP contribution in [-0.4, -0.2) is 63.9 Å². The Bertz CT molecular complexity index is 922. The fourth-order valence-electron chi connectivity index (χ4n) is 8.94. The molecule has 0 heterocycles. The first-order valence-electron chi connectivity index (χ1n) is 13.2. The molecule has 35 heavy (non-hydrogen) atoms. The highest BCUT2D eigenvalue weighted by atomic mass is 32.3. The van der Waals surface area contributed by atoms with Crippen molar-refractivity contribution in [2.75, 3.05) is 6.61 Å². The summed E-state index contributed by atoms with van der Waals surface area (Å²) in [7, 11) is -4.46. The molecular formula is C26H44O8S. The van der Waals surface area contributed by atoms with E-state index in [9.17, 15) is 28.8 Å². The minimum absolute atomic E-state index is 0.0327. The van der Waals surface area contributed by atoms with Crippen LogP contribution in [-0.2, 0) is 14.6 Å². The Morgan fingerprint density at radius 3 is 2.40 bits per heavy atom.